The van der Waals surface area contributed by atoms with E-state index in [1.165, 1.54) is 12.9 Å². The molecule has 1 heterocycles. The Kier molecular flexibility index (Phi) is 5.48. The van der Waals surface area contributed by atoms with Gasteiger partial charge in [0.05, 0.1) is 6.61 Å². The molecule has 1 aliphatic heterocycles. The van der Waals surface area contributed by atoms with E-state index < -0.39 is 18.0 Å². The number of esters is 2. The van der Waals surface area contributed by atoms with E-state index in [1.54, 1.807) is 6.92 Å². The van der Waals surface area contributed by atoms with Crippen molar-refractivity contribution < 1.29 is 28.6 Å². The molecule has 0 radical (unpaired) electrons. The van der Waals surface area contributed by atoms with Crippen LogP contribution >= 0.6 is 0 Å². The average molecular weight is 268 g/mol. The van der Waals surface area contributed by atoms with Crippen molar-refractivity contribution in [3.8, 4) is 0 Å². The van der Waals surface area contributed by atoms with Gasteiger partial charge in [-0.1, -0.05) is 6.92 Å². The first kappa shape index (κ1) is 15.1. The zero-order valence-corrected chi connectivity index (χ0v) is 11.1. The highest BCUT2D eigenvalue weighted by molar-refractivity contribution is 6.05. The second kappa shape index (κ2) is 6.87. The highest BCUT2D eigenvalue weighted by atomic mass is 16.6. The van der Waals surface area contributed by atoms with E-state index in [0.29, 0.717) is 6.42 Å². The zero-order valence-electron chi connectivity index (χ0n) is 11.1. The predicted octanol–water partition coefficient (Wildman–Crippen LogP) is 0.933. The molecule has 1 aliphatic rings. The van der Waals surface area contributed by atoms with Gasteiger partial charge in [0.2, 0.25) is 0 Å². The van der Waals surface area contributed by atoms with E-state index in [1.807, 2.05) is 6.92 Å². The number of hydrogen-bond acceptors (Lipinski definition) is 6. The van der Waals surface area contributed by atoms with Crippen molar-refractivity contribution in [2.24, 2.45) is 0 Å². The summed E-state index contributed by atoms with van der Waals surface area (Å²) < 4.78 is 15.1. The molecule has 0 saturated heterocycles. The molecule has 0 amide bonds. The summed E-state index contributed by atoms with van der Waals surface area (Å²) in [6, 6.07) is 0. The summed E-state index contributed by atoms with van der Waals surface area (Å²) in [5.41, 5.74) is -0.316. The predicted molar refractivity (Wildman–Crippen MR) is 64.7 cm³/mol. The highest BCUT2D eigenvalue weighted by Gasteiger charge is 2.39. The van der Waals surface area contributed by atoms with Gasteiger partial charge in [0.1, 0.15) is 23.4 Å². The van der Waals surface area contributed by atoms with Gasteiger partial charge in [-0.15, -0.1) is 0 Å². The van der Waals surface area contributed by atoms with Crippen molar-refractivity contribution in [3.05, 3.63) is 16.9 Å². The van der Waals surface area contributed by atoms with Crippen molar-refractivity contribution in [1.29, 1.82) is 0 Å². The molecule has 0 saturated carbocycles. The van der Waals surface area contributed by atoms with Crippen LogP contribution in [0, 0.1) is 0 Å². The monoisotopic (exact) mass is 268 g/mol. The van der Waals surface area contributed by atoms with Crippen LogP contribution in [0.1, 0.15) is 27.2 Å². The molecule has 6 heteroatoms. The maximum atomic E-state index is 11.9. The maximum absolute atomic E-state index is 11.9. The minimum atomic E-state index is -1.08. The lowest BCUT2D eigenvalue weighted by Crippen LogP contribution is -2.35. The van der Waals surface area contributed by atoms with Gasteiger partial charge in [-0.05, 0) is 20.3 Å². The molecule has 0 aliphatic carbocycles. The molecule has 0 aromatic carbocycles. The summed E-state index contributed by atoms with van der Waals surface area (Å²) in [6.07, 6.45) is -0.416. The van der Waals surface area contributed by atoms with Crippen LogP contribution in [0.15, 0.2) is 16.9 Å². The van der Waals surface area contributed by atoms with Gasteiger partial charge >= 0.3 is 11.9 Å². The molecule has 0 bridgehead atoms. The quantitative estimate of drug-likeness (QED) is 0.419. The van der Waals surface area contributed by atoms with Crippen LogP contribution in [-0.2, 0) is 28.6 Å². The summed E-state index contributed by atoms with van der Waals surface area (Å²) in [7, 11) is 0. The molecule has 1 rings (SSSR count). The topological polar surface area (TPSA) is 78.9 Å². The average Bonchev–Trinajstić information content (AvgIpc) is 2.36. The molecular weight excluding hydrogens is 252 g/mol. The third kappa shape index (κ3) is 3.30. The molecule has 0 aromatic rings. The van der Waals surface area contributed by atoms with Crippen LogP contribution in [0.5, 0.6) is 0 Å². The smallest absolute Gasteiger partial charge is 0.353 e. The molecule has 0 spiro atoms. The van der Waals surface area contributed by atoms with Gasteiger partial charge in [0.25, 0.3) is 0 Å². The fourth-order valence-electron chi connectivity index (χ4n) is 1.64. The largest absolute Gasteiger partial charge is 0.462 e. The first-order valence-electron chi connectivity index (χ1n) is 6.03. The van der Waals surface area contributed by atoms with Crippen LogP contribution in [-0.4, -0.2) is 37.2 Å². The third-order valence-electron chi connectivity index (χ3n) is 2.47. The van der Waals surface area contributed by atoms with Crippen molar-refractivity contribution in [3.63, 3.8) is 0 Å². The summed E-state index contributed by atoms with van der Waals surface area (Å²) in [6.45, 7) is 5.45. The second-order valence-electron chi connectivity index (χ2n) is 3.85. The third-order valence-corrected chi connectivity index (χ3v) is 2.47. The summed E-state index contributed by atoms with van der Waals surface area (Å²) in [5, 5.41) is 0. The molecule has 0 N–H and O–H groups in total. The van der Waals surface area contributed by atoms with Gasteiger partial charge in [0.15, 0.2) is 5.57 Å². The molecule has 104 valence electrons. The SMILES string of the molecule is CCCOC(=O)C1=C(C)OC(=O)C(=C=O)C1OCC. The first-order chi connectivity index (χ1) is 9.06. The number of rotatable bonds is 5. The fraction of sp³-hybridized carbons (Fsp3) is 0.538. The Hall–Kier alpha value is -1.91. The van der Waals surface area contributed by atoms with Gasteiger partial charge in [0, 0.05) is 6.61 Å². The van der Waals surface area contributed by atoms with Crippen LogP contribution in [0.3, 0.4) is 0 Å². The number of hydrogen-bond donors (Lipinski definition) is 0. The van der Waals surface area contributed by atoms with E-state index in [2.05, 4.69) is 0 Å². The number of carbonyl (C=O) groups is 2. The zero-order chi connectivity index (χ0) is 14.4. The normalized spacial score (nSPS) is 19.0. The van der Waals surface area contributed by atoms with Crippen molar-refractivity contribution >= 4 is 17.9 Å². The lowest BCUT2D eigenvalue weighted by Gasteiger charge is -2.25. The molecule has 1 atom stereocenters. The van der Waals surface area contributed by atoms with Crippen LogP contribution < -0.4 is 0 Å². The molecule has 19 heavy (non-hydrogen) atoms. The fourth-order valence-corrected chi connectivity index (χ4v) is 1.64. The Labute approximate surface area is 111 Å². The van der Waals surface area contributed by atoms with E-state index in [9.17, 15) is 14.4 Å². The Bertz CT molecular complexity index is 456. The Morgan fingerprint density at radius 3 is 2.63 bits per heavy atom. The minimum Gasteiger partial charge on any atom is -0.462 e. The van der Waals surface area contributed by atoms with Crippen molar-refractivity contribution in [2.75, 3.05) is 13.2 Å². The van der Waals surface area contributed by atoms with E-state index in [0.717, 1.165) is 0 Å². The second-order valence-corrected chi connectivity index (χ2v) is 3.85. The summed E-state index contributed by atoms with van der Waals surface area (Å²) in [5.74, 6) is 0.0582. The molecule has 0 fully saturated rings. The lowest BCUT2D eigenvalue weighted by atomic mass is 9.99. The number of carbonyl (C=O) groups excluding carboxylic acids is 3. The van der Waals surface area contributed by atoms with E-state index >= 15 is 0 Å². The maximum Gasteiger partial charge on any atom is 0.353 e. The summed E-state index contributed by atoms with van der Waals surface area (Å²) in [4.78, 5) is 34.3. The highest BCUT2D eigenvalue weighted by Crippen LogP contribution is 2.27. The Balaban J connectivity index is 3.14. The van der Waals surface area contributed by atoms with Gasteiger partial charge in [-0.2, -0.15) is 0 Å². The van der Waals surface area contributed by atoms with Gasteiger partial charge < -0.3 is 14.2 Å². The van der Waals surface area contributed by atoms with Crippen LogP contribution in [0.25, 0.3) is 0 Å². The molecule has 0 aromatic heterocycles. The standard InChI is InChI=1S/C13H16O6/c1-4-6-18-13(16)10-8(3)19-12(15)9(7-14)11(10)17-5-2/h11H,4-6H2,1-3H3. The van der Waals surface area contributed by atoms with Crippen molar-refractivity contribution in [1.82, 2.24) is 0 Å². The molecule has 6 nitrogen and oxygen atoms in total. The van der Waals surface area contributed by atoms with Crippen LogP contribution in [0.2, 0.25) is 0 Å². The Morgan fingerprint density at radius 1 is 1.42 bits per heavy atom. The van der Waals surface area contributed by atoms with E-state index in [-0.39, 0.29) is 30.1 Å². The minimum absolute atomic E-state index is 0.0354. The first-order valence-corrected chi connectivity index (χ1v) is 6.03. The number of ether oxygens (including phenoxy) is 3. The molecule has 1 unspecified atom stereocenters. The van der Waals surface area contributed by atoms with Gasteiger partial charge in [-0.25, -0.2) is 14.4 Å². The Morgan fingerprint density at radius 2 is 2.11 bits per heavy atom. The lowest BCUT2D eigenvalue weighted by molar-refractivity contribution is -0.143. The van der Waals surface area contributed by atoms with Crippen LogP contribution in [0.4, 0.5) is 0 Å². The van der Waals surface area contributed by atoms with Crippen molar-refractivity contribution in [2.45, 2.75) is 33.3 Å². The number of cyclic esters (lactones) is 1. The van der Waals surface area contributed by atoms with Gasteiger partial charge in [-0.3, -0.25) is 0 Å². The summed E-state index contributed by atoms with van der Waals surface area (Å²) >= 11 is 0. The van der Waals surface area contributed by atoms with E-state index in [4.69, 9.17) is 14.2 Å². The number of allylic oxidation sites excluding steroid dienone is 1. The molecular formula is C13H16O6.